The molecule has 1 aliphatic heterocycles. The van der Waals surface area contributed by atoms with Crippen LogP contribution in [-0.2, 0) is 19.1 Å². The minimum Gasteiger partial charge on any atom is -0.549 e. The van der Waals surface area contributed by atoms with Gasteiger partial charge in [0.25, 0.3) is 0 Å². The van der Waals surface area contributed by atoms with Crippen molar-refractivity contribution >= 4 is 11.9 Å². The van der Waals surface area contributed by atoms with Gasteiger partial charge in [-0.3, -0.25) is 0 Å². The summed E-state index contributed by atoms with van der Waals surface area (Å²) in [4.78, 5) is 21.1. The van der Waals surface area contributed by atoms with E-state index < -0.39 is 55.2 Å². The van der Waals surface area contributed by atoms with Gasteiger partial charge in [-0.2, -0.15) is 0 Å². The second-order valence-electron chi connectivity index (χ2n) is 5.60. The minimum absolute atomic E-state index is 0. The smallest absolute Gasteiger partial charge is 0.549 e. The number of rotatable bonds is 10. The molecule has 1 aliphatic rings. The molecule has 0 aliphatic carbocycles. The van der Waals surface area contributed by atoms with E-state index in [1.54, 1.807) is 0 Å². The van der Waals surface area contributed by atoms with Crippen molar-refractivity contribution in [1.82, 2.24) is 0 Å². The largest absolute Gasteiger partial charge is 1.00 e. The van der Waals surface area contributed by atoms with E-state index in [4.69, 9.17) is 14.6 Å². The van der Waals surface area contributed by atoms with Crippen LogP contribution in [0.1, 0.15) is 25.7 Å². The summed E-state index contributed by atoms with van der Waals surface area (Å²) in [5.41, 5.74) is 0. The molecule has 1 fully saturated rings. The number of ether oxygens (including phenoxy) is 2. The number of unbranched alkanes of at least 4 members (excludes halogenated alkanes) is 2. The molecule has 0 amide bonds. The Morgan fingerprint density at radius 3 is 2.08 bits per heavy atom. The first-order chi connectivity index (χ1) is 11.3. The Morgan fingerprint density at radius 1 is 1.00 bits per heavy atom. The molecular formula is C14H22Na2O10. The van der Waals surface area contributed by atoms with Gasteiger partial charge in [0.05, 0.1) is 18.5 Å². The van der Waals surface area contributed by atoms with Gasteiger partial charge in [-0.25, -0.2) is 0 Å². The molecule has 1 saturated heterocycles. The number of aliphatic carboxylic acids is 2. The maximum absolute atomic E-state index is 10.6. The first-order valence-electron chi connectivity index (χ1n) is 7.63. The third-order valence-corrected chi connectivity index (χ3v) is 3.86. The Kier molecular flexibility index (Phi) is 16.3. The molecule has 0 aromatic rings. The molecule has 10 nitrogen and oxygen atoms in total. The van der Waals surface area contributed by atoms with Crippen LogP contribution >= 0.6 is 0 Å². The Morgan fingerprint density at radius 2 is 1.58 bits per heavy atom. The average Bonchev–Trinajstić information content (AvgIpc) is 2.51. The van der Waals surface area contributed by atoms with Crippen molar-refractivity contribution in [3.05, 3.63) is 0 Å². The molecule has 1 heterocycles. The summed E-state index contributed by atoms with van der Waals surface area (Å²) in [6.45, 7) is -0.483. The molecule has 4 N–H and O–H groups in total. The average molecular weight is 396 g/mol. The van der Waals surface area contributed by atoms with Crippen molar-refractivity contribution in [3.63, 3.8) is 0 Å². The van der Waals surface area contributed by atoms with E-state index in [1.807, 2.05) is 0 Å². The van der Waals surface area contributed by atoms with Crippen molar-refractivity contribution in [1.29, 1.82) is 0 Å². The van der Waals surface area contributed by atoms with Crippen LogP contribution in [-0.4, -0.2) is 76.3 Å². The summed E-state index contributed by atoms with van der Waals surface area (Å²) in [6, 6.07) is 0. The molecule has 0 spiro atoms. The number of carboxylic acids is 2. The number of carbonyl (C=O) groups excluding carboxylic acids is 2. The fourth-order valence-electron chi connectivity index (χ4n) is 2.44. The zero-order valence-electron chi connectivity index (χ0n) is 14.9. The quantitative estimate of drug-likeness (QED) is 0.157. The maximum Gasteiger partial charge on any atom is 1.00 e. The summed E-state index contributed by atoms with van der Waals surface area (Å²) < 4.78 is 10.1. The minimum atomic E-state index is -1.69. The van der Waals surface area contributed by atoms with E-state index in [0.717, 1.165) is 0 Å². The first kappa shape index (κ1) is 28.9. The summed E-state index contributed by atoms with van der Waals surface area (Å²) >= 11 is 0. The summed E-state index contributed by atoms with van der Waals surface area (Å²) in [5, 5.41) is 59.2. The molecule has 26 heavy (non-hydrogen) atoms. The van der Waals surface area contributed by atoms with Crippen LogP contribution in [0.2, 0.25) is 0 Å². The van der Waals surface area contributed by atoms with Crippen LogP contribution in [0.4, 0.5) is 0 Å². The SMILES string of the molecule is O=C([O-])C(CCCCCO[C@H]1[C@H](O)[C@@H](CO)OC(O)[C@@H]1O)C(=O)[O-].[Na+].[Na+]. The van der Waals surface area contributed by atoms with E-state index in [-0.39, 0.29) is 78.6 Å². The molecular weight excluding hydrogens is 374 g/mol. The molecule has 1 rings (SSSR count). The topological polar surface area (TPSA) is 180 Å². The molecule has 5 atom stereocenters. The van der Waals surface area contributed by atoms with Gasteiger partial charge in [-0.15, -0.1) is 0 Å². The van der Waals surface area contributed by atoms with Gasteiger partial charge in [0.1, 0.15) is 24.4 Å². The van der Waals surface area contributed by atoms with E-state index in [9.17, 15) is 35.1 Å². The van der Waals surface area contributed by atoms with Crippen LogP contribution in [0.5, 0.6) is 0 Å². The molecule has 0 saturated carbocycles. The van der Waals surface area contributed by atoms with Gasteiger partial charge in [0.2, 0.25) is 0 Å². The van der Waals surface area contributed by atoms with Crippen molar-refractivity contribution in [2.75, 3.05) is 13.2 Å². The van der Waals surface area contributed by atoms with E-state index in [2.05, 4.69) is 0 Å². The van der Waals surface area contributed by atoms with Crippen molar-refractivity contribution in [2.24, 2.45) is 5.92 Å². The fourth-order valence-corrected chi connectivity index (χ4v) is 2.44. The summed E-state index contributed by atoms with van der Waals surface area (Å²) in [7, 11) is 0. The van der Waals surface area contributed by atoms with Gasteiger partial charge in [0.15, 0.2) is 6.29 Å². The van der Waals surface area contributed by atoms with Crippen LogP contribution in [0.3, 0.4) is 0 Å². The monoisotopic (exact) mass is 396 g/mol. The number of hydrogen-bond acceptors (Lipinski definition) is 10. The zero-order valence-corrected chi connectivity index (χ0v) is 18.9. The summed E-state index contributed by atoms with van der Waals surface area (Å²) in [6.07, 6.45) is -5.62. The van der Waals surface area contributed by atoms with Gasteiger partial charge in [0, 0.05) is 12.5 Å². The molecule has 0 aromatic carbocycles. The van der Waals surface area contributed by atoms with Crippen LogP contribution in [0, 0.1) is 5.92 Å². The number of aliphatic hydroxyl groups excluding tert-OH is 4. The summed E-state index contributed by atoms with van der Waals surface area (Å²) in [5.74, 6) is -5.04. The predicted molar refractivity (Wildman–Crippen MR) is 71.7 cm³/mol. The Bertz CT molecular complexity index is 411. The third kappa shape index (κ3) is 8.80. The first-order valence-corrected chi connectivity index (χ1v) is 7.63. The van der Waals surface area contributed by atoms with E-state index >= 15 is 0 Å². The molecule has 1 unspecified atom stereocenters. The van der Waals surface area contributed by atoms with Gasteiger partial charge in [-0.05, 0) is 12.8 Å². The van der Waals surface area contributed by atoms with Crippen LogP contribution in [0.25, 0.3) is 0 Å². The Labute approximate surface area is 195 Å². The molecule has 0 bridgehead atoms. The fraction of sp³-hybridized carbons (Fsp3) is 0.857. The third-order valence-electron chi connectivity index (χ3n) is 3.86. The van der Waals surface area contributed by atoms with Crippen molar-refractivity contribution in [3.8, 4) is 0 Å². The van der Waals surface area contributed by atoms with Gasteiger partial charge in [-0.1, -0.05) is 12.8 Å². The number of carbonyl (C=O) groups is 2. The zero-order chi connectivity index (χ0) is 18.3. The van der Waals surface area contributed by atoms with Crippen molar-refractivity contribution in [2.45, 2.75) is 56.4 Å². The number of aliphatic hydroxyl groups is 4. The Balaban J connectivity index is 0. The number of carboxylic acid groups (broad SMARTS) is 2. The van der Waals surface area contributed by atoms with Crippen LogP contribution in [0.15, 0.2) is 0 Å². The van der Waals surface area contributed by atoms with Gasteiger partial charge >= 0.3 is 59.1 Å². The number of hydrogen-bond donors (Lipinski definition) is 4. The molecule has 0 radical (unpaired) electrons. The second kappa shape index (κ2) is 14.7. The predicted octanol–water partition coefficient (Wildman–Crippen LogP) is -10.5. The van der Waals surface area contributed by atoms with E-state index in [0.29, 0.717) is 12.8 Å². The van der Waals surface area contributed by atoms with Crippen LogP contribution < -0.4 is 69.3 Å². The van der Waals surface area contributed by atoms with Crippen molar-refractivity contribution < 1.29 is 109 Å². The maximum atomic E-state index is 10.6. The molecule has 0 aromatic heterocycles. The molecule has 12 heteroatoms. The molecule has 140 valence electrons. The van der Waals surface area contributed by atoms with Gasteiger partial charge < -0.3 is 49.7 Å². The second-order valence-corrected chi connectivity index (χ2v) is 5.60. The van der Waals surface area contributed by atoms with E-state index in [1.165, 1.54) is 0 Å². The standard InChI is InChI=1S/C14H24O10.2Na/c15-6-8-9(16)11(10(17)14(22)24-8)23-5-3-1-2-4-7(12(18)19)13(20)21;;/h7-11,14-17,22H,1-6H2,(H,18,19)(H,20,21);;/q;2*+1/p-2/t8-,9-,10-,11+,14?;;/m1../s1. The normalized spacial score (nSPS) is 28.1. The Hall–Kier alpha value is 0.700.